The van der Waals surface area contributed by atoms with Crippen LogP contribution in [0.5, 0.6) is 0 Å². The van der Waals surface area contributed by atoms with E-state index in [0.717, 1.165) is 5.57 Å². The number of hydrogen-bond acceptors (Lipinski definition) is 1. The predicted molar refractivity (Wildman–Crippen MR) is 44.9 cm³/mol. The van der Waals surface area contributed by atoms with E-state index in [1.54, 1.807) is 19.3 Å². The lowest BCUT2D eigenvalue weighted by atomic mass is 10.1. The first-order valence-corrected chi connectivity index (χ1v) is 3.24. The summed E-state index contributed by atoms with van der Waals surface area (Å²) in [7, 11) is 1.67. The molecule has 0 aromatic heterocycles. The van der Waals surface area contributed by atoms with Crippen LogP contribution in [0.25, 0.3) is 0 Å². The van der Waals surface area contributed by atoms with E-state index in [0.29, 0.717) is 0 Å². The fraction of sp³-hybridized carbons (Fsp3) is 0.333. The molecule has 0 fully saturated rings. The zero-order valence-corrected chi connectivity index (χ0v) is 6.63. The van der Waals surface area contributed by atoms with Gasteiger partial charge in [0.1, 0.15) is 0 Å². The first-order valence-electron chi connectivity index (χ1n) is 3.24. The largest absolute Gasteiger partial charge is 0.377 e. The molecule has 56 valence electrons. The SMILES string of the molecule is C=C/C=C(\C=C)C(C)OC. The van der Waals surface area contributed by atoms with Crippen molar-refractivity contribution in [1.29, 1.82) is 0 Å². The molecule has 0 spiro atoms. The van der Waals surface area contributed by atoms with Crippen molar-refractivity contribution in [1.82, 2.24) is 0 Å². The molecule has 0 saturated carbocycles. The maximum atomic E-state index is 5.07. The minimum atomic E-state index is 0.107. The summed E-state index contributed by atoms with van der Waals surface area (Å²) in [6.45, 7) is 9.21. The summed E-state index contributed by atoms with van der Waals surface area (Å²) in [5.41, 5.74) is 1.05. The third kappa shape index (κ3) is 2.65. The van der Waals surface area contributed by atoms with Gasteiger partial charge in [0.25, 0.3) is 0 Å². The van der Waals surface area contributed by atoms with Crippen LogP contribution in [0.3, 0.4) is 0 Å². The molecule has 1 nitrogen and oxygen atoms in total. The molecule has 1 heteroatoms. The lowest BCUT2D eigenvalue weighted by Gasteiger charge is -2.08. The Labute approximate surface area is 62.7 Å². The van der Waals surface area contributed by atoms with Crippen molar-refractivity contribution in [3.8, 4) is 0 Å². The maximum Gasteiger partial charge on any atom is 0.0792 e. The molecule has 0 bridgehead atoms. The molecule has 0 heterocycles. The van der Waals surface area contributed by atoms with E-state index >= 15 is 0 Å². The van der Waals surface area contributed by atoms with Crippen molar-refractivity contribution in [2.75, 3.05) is 7.11 Å². The first-order chi connectivity index (χ1) is 4.76. The normalized spacial score (nSPS) is 14.4. The van der Waals surface area contributed by atoms with Gasteiger partial charge in [-0.15, -0.1) is 0 Å². The summed E-state index contributed by atoms with van der Waals surface area (Å²) in [5, 5.41) is 0. The second kappa shape index (κ2) is 5.00. The van der Waals surface area contributed by atoms with Crippen LogP contribution in [0.1, 0.15) is 6.92 Å². The number of ether oxygens (including phenoxy) is 1. The minimum absolute atomic E-state index is 0.107. The predicted octanol–water partition coefficient (Wildman–Crippen LogP) is 2.32. The Balaban J connectivity index is 4.18. The van der Waals surface area contributed by atoms with Crippen LogP contribution in [0.2, 0.25) is 0 Å². The molecule has 1 unspecified atom stereocenters. The average molecular weight is 138 g/mol. The van der Waals surface area contributed by atoms with Gasteiger partial charge >= 0.3 is 0 Å². The van der Waals surface area contributed by atoms with Crippen LogP contribution in [-0.2, 0) is 4.74 Å². The van der Waals surface area contributed by atoms with Crippen molar-refractivity contribution in [3.63, 3.8) is 0 Å². The van der Waals surface area contributed by atoms with Crippen molar-refractivity contribution in [2.24, 2.45) is 0 Å². The molecule has 0 saturated heterocycles. The van der Waals surface area contributed by atoms with Crippen LogP contribution < -0.4 is 0 Å². The van der Waals surface area contributed by atoms with Gasteiger partial charge in [-0.2, -0.15) is 0 Å². The molecule has 0 aliphatic heterocycles. The molecule has 0 aliphatic rings. The first kappa shape index (κ1) is 9.18. The highest BCUT2D eigenvalue weighted by molar-refractivity contribution is 5.24. The molecule has 0 radical (unpaired) electrons. The smallest absolute Gasteiger partial charge is 0.0792 e. The Morgan fingerprint density at radius 1 is 1.50 bits per heavy atom. The lowest BCUT2D eigenvalue weighted by Crippen LogP contribution is -2.06. The van der Waals surface area contributed by atoms with Crippen LogP contribution in [0.15, 0.2) is 37.0 Å². The molecular weight excluding hydrogens is 124 g/mol. The summed E-state index contributed by atoms with van der Waals surface area (Å²) >= 11 is 0. The fourth-order valence-corrected chi connectivity index (χ4v) is 0.642. The fourth-order valence-electron chi connectivity index (χ4n) is 0.642. The summed E-state index contributed by atoms with van der Waals surface area (Å²) < 4.78 is 5.07. The van der Waals surface area contributed by atoms with E-state index in [4.69, 9.17) is 4.74 Å². The number of allylic oxidation sites excluding steroid dienone is 2. The Morgan fingerprint density at radius 3 is 2.40 bits per heavy atom. The van der Waals surface area contributed by atoms with E-state index in [1.165, 1.54) is 0 Å². The van der Waals surface area contributed by atoms with Crippen molar-refractivity contribution in [3.05, 3.63) is 37.0 Å². The maximum absolute atomic E-state index is 5.07. The van der Waals surface area contributed by atoms with Gasteiger partial charge in [0.05, 0.1) is 6.10 Å². The van der Waals surface area contributed by atoms with Crippen LogP contribution >= 0.6 is 0 Å². The Morgan fingerprint density at radius 2 is 2.10 bits per heavy atom. The molecule has 1 atom stereocenters. The molecule has 0 rings (SSSR count). The number of rotatable bonds is 4. The summed E-state index contributed by atoms with van der Waals surface area (Å²) in [6, 6.07) is 0. The second-order valence-electron chi connectivity index (χ2n) is 1.98. The van der Waals surface area contributed by atoms with Gasteiger partial charge in [0.15, 0.2) is 0 Å². The van der Waals surface area contributed by atoms with Gasteiger partial charge in [-0.1, -0.05) is 31.4 Å². The quantitative estimate of drug-likeness (QED) is 0.542. The zero-order valence-electron chi connectivity index (χ0n) is 6.63. The molecule has 10 heavy (non-hydrogen) atoms. The highest BCUT2D eigenvalue weighted by Gasteiger charge is 2.00. The molecular formula is C9H14O. The van der Waals surface area contributed by atoms with Crippen LogP contribution in [-0.4, -0.2) is 13.2 Å². The average Bonchev–Trinajstić information content (AvgIpc) is 1.99. The van der Waals surface area contributed by atoms with E-state index in [1.807, 2.05) is 13.0 Å². The van der Waals surface area contributed by atoms with Crippen LogP contribution in [0, 0.1) is 0 Å². The third-order valence-electron chi connectivity index (χ3n) is 1.37. The number of hydrogen-bond donors (Lipinski definition) is 0. The second-order valence-corrected chi connectivity index (χ2v) is 1.98. The summed E-state index contributed by atoms with van der Waals surface area (Å²) in [6.07, 6.45) is 5.50. The van der Waals surface area contributed by atoms with E-state index in [-0.39, 0.29) is 6.10 Å². The molecule has 0 aromatic rings. The molecule has 0 N–H and O–H groups in total. The van der Waals surface area contributed by atoms with Gasteiger partial charge in [-0.05, 0) is 12.5 Å². The van der Waals surface area contributed by atoms with Crippen LogP contribution in [0.4, 0.5) is 0 Å². The van der Waals surface area contributed by atoms with E-state index < -0.39 is 0 Å². The Bertz CT molecular complexity index is 145. The standard InChI is InChI=1S/C9H14O/c1-5-7-9(6-2)8(3)10-4/h5-8H,1-2H2,3-4H3/b9-7+. The van der Waals surface area contributed by atoms with Crippen molar-refractivity contribution in [2.45, 2.75) is 13.0 Å². The van der Waals surface area contributed by atoms with E-state index in [9.17, 15) is 0 Å². The topological polar surface area (TPSA) is 9.23 Å². The van der Waals surface area contributed by atoms with Gasteiger partial charge in [-0.3, -0.25) is 0 Å². The van der Waals surface area contributed by atoms with Gasteiger partial charge in [0.2, 0.25) is 0 Å². The van der Waals surface area contributed by atoms with Gasteiger partial charge in [-0.25, -0.2) is 0 Å². The molecule has 0 aromatic carbocycles. The monoisotopic (exact) mass is 138 g/mol. The van der Waals surface area contributed by atoms with E-state index in [2.05, 4.69) is 13.2 Å². The van der Waals surface area contributed by atoms with Crippen molar-refractivity contribution < 1.29 is 4.74 Å². The van der Waals surface area contributed by atoms with Crippen molar-refractivity contribution >= 4 is 0 Å². The Hall–Kier alpha value is -0.820. The highest BCUT2D eigenvalue weighted by atomic mass is 16.5. The highest BCUT2D eigenvalue weighted by Crippen LogP contribution is 2.05. The summed E-state index contributed by atoms with van der Waals surface area (Å²) in [4.78, 5) is 0. The minimum Gasteiger partial charge on any atom is -0.377 e. The Kier molecular flexibility index (Phi) is 4.59. The third-order valence-corrected chi connectivity index (χ3v) is 1.37. The summed E-state index contributed by atoms with van der Waals surface area (Å²) in [5.74, 6) is 0. The lowest BCUT2D eigenvalue weighted by molar-refractivity contribution is 0.150. The number of methoxy groups -OCH3 is 1. The molecule has 0 amide bonds. The van der Waals surface area contributed by atoms with Gasteiger partial charge in [0, 0.05) is 7.11 Å². The molecule has 0 aliphatic carbocycles. The zero-order chi connectivity index (χ0) is 7.98. The van der Waals surface area contributed by atoms with Gasteiger partial charge < -0.3 is 4.74 Å².